The molecule has 0 aliphatic carbocycles. The van der Waals surface area contributed by atoms with Crippen LogP contribution in [0.3, 0.4) is 0 Å². The molecule has 0 fully saturated rings. The van der Waals surface area contributed by atoms with Crippen LogP contribution >= 0.6 is 0 Å². The number of H-pyrrole nitrogens is 1. The van der Waals surface area contributed by atoms with Crippen LogP contribution in [0.15, 0.2) is 18.2 Å². The van der Waals surface area contributed by atoms with Crippen LogP contribution in [-0.2, 0) is 4.74 Å². The number of aromatic nitrogens is 1. The predicted octanol–water partition coefficient (Wildman–Crippen LogP) is 3.88. The summed E-state index contributed by atoms with van der Waals surface area (Å²) >= 11 is 0. The third-order valence-electron chi connectivity index (χ3n) is 4.29. The Labute approximate surface area is 147 Å². The van der Waals surface area contributed by atoms with Gasteiger partial charge in [-0.15, -0.1) is 0 Å². The van der Waals surface area contributed by atoms with Gasteiger partial charge in [0, 0.05) is 11.3 Å². The molecule has 132 valence electrons. The lowest BCUT2D eigenvalue weighted by molar-refractivity contribution is 0.0316. The van der Waals surface area contributed by atoms with Crippen LogP contribution in [0.25, 0.3) is 0 Å². The van der Waals surface area contributed by atoms with Crippen LogP contribution in [-0.4, -0.2) is 28.6 Å². The number of ether oxygens (including phenoxy) is 1. The Morgan fingerprint density at radius 3 is 2.24 bits per heavy atom. The van der Waals surface area contributed by atoms with Gasteiger partial charge < -0.3 is 9.72 Å². The third kappa shape index (κ3) is 3.71. The minimum atomic E-state index is -0.954. The van der Waals surface area contributed by atoms with Gasteiger partial charge >= 0.3 is 5.97 Å². The molecule has 0 bridgehead atoms. The van der Waals surface area contributed by atoms with Crippen molar-refractivity contribution >= 4 is 17.5 Å². The average molecular weight is 341 g/mol. The number of esters is 1. The van der Waals surface area contributed by atoms with Crippen molar-refractivity contribution in [1.82, 2.24) is 4.98 Å². The van der Waals surface area contributed by atoms with Crippen molar-refractivity contribution in [3.05, 3.63) is 57.4 Å². The van der Waals surface area contributed by atoms with Gasteiger partial charge in [-0.25, -0.2) is 4.79 Å². The Hall–Kier alpha value is -2.69. The van der Waals surface area contributed by atoms with Crippen molar-refractivity contribution in [1.29, 1.82) is 0 Å². The summed E-state index contributed by atoms with van der Waals surface area (Å²) in [6.07, 6.45) is -0.954. The van der Waals surface area contributed by atoms with Crippen molar-refractivity contribution in [2.45, 2.75) is 47.6 Å². The first-order valence-corrected chi connectivity index (χ1v) is 8.16. The van der Waals surface area contributed by atoms with E-state index in [-0.39, 0.29) is 11.6 Å². The molecule has 0 aliphatic heterocycles. The second kappa shape index (κ2) is 7.05. The Morgan fingerprint density at radius 1 is 1.08 bits per heavy atom. The summed E-state index contributed by atoms with van der Waals surface area (Å²) in [5.41, 5.74) is 4.34. The summed E-state index contributed by atoms with van der Waals surface area (Å²) in [6.45, 7) is 10.2. The van der Waals surface area contributed by atoms with Gasteiger partial charge in [0.15, 0.2) is 11.9 Å². The van der Waals surface area contributed by atoms with E-state index in [1.807, 2.05) is 26.0 Å². The molecule has 0 spiro atoms. The van der Waals surface area contributed by atoms with Gasteiger partial charge in [0.2, 0.25) is 5.78 Å². The highest BCUT2D eigenvalue weighted by Crippen LogP contribution is 2.21. The topological polar surface area (TPSA) is 76.2 Å². The molecule has 0 amide bonds. The van der Waals surface area contributed by atoms with Crippen molar-refractivity contribution in [3.63, 3.8) is 0 Å². The molecule has 1 heterocycles. The van der Waals surface area contributed by atoms with Crippen LogP contribution < -0.4 is 0 Å². The van der Waals surface area contributed by atoms with E-state index in [9.17, 15) is 14.4 Å². The summed E-state index contributed by atoms with van der Waals surface area (Å²) in [6, 6.07) is 5.41. The molecule has 0 saturated carbocycles. The molecule has 5 heteroatoms. The van der Waals surface area contributed by atoms with E-state index in [0.717, 1.165) is 11.1 Å². The smallest absolute Gasteiger partial charge is 0.339 e. The van der Waals surface area contributed by atoms with E-state index in [4.69, 9.17) is 4.74 Å². The van der Waals surface area contributed by atoms with Crippen LogP contribution in [0, 0.1) is 27.7 Å². The molecule has 25 heavy (non-hydrogen) atoms. The maximum Gasteiger partial charge on any atom is 0.339 e. The van der Waals surface area contributed by atoms with E-state index < -0.39 is 12.1 Å². The van der Waals surface area contributed by atoms with E-state index >= 15 is 0 Å². The molecular formula is C20H23NO4. The molecule has 1 aromatic carbocycles. The fourth-order valence-corrected chi connectivity index (χ4v) is 3.05. The van der Waals surface area contributed by atoms with Gasteiger partial charge in [-0.3, -0.25) is 9.59 Å². The number of benzene rings is 1. The lowest BCUT2D eigenvalue weighted by Gasteiger charge is -2.13. The first-order valence-electron chi connectivity index (χ1n) is 8.16. The molecule has 0 radical (unpaired) electrons. The lowest BCUT2D eigenvalue weighted by Crippen LogP contribution is -2.25. The lowest BCUT2D eigenvalue weighted by atomic mass is 10.0. The van der Waals surface area contributed by atoms with E-state index in [0.29, 0.717) is 28.1 Å². The fraction of sp³-hybridized carbons (Fsp3) is 0.350. The minimum absolute atomic E-state index is 0.106. The molecule has 1 N–H and O–H groups in total. The number of hydrogen-bond donors (Lipinski definition) is 1. The monoisotopic (exact) mass is 341 g/mol. The number of rotatable bonds is 5. The average Bonchev–Trinajstić information content (AvgIpc) is 2.80. The van der Waals surface area contributed by atoms with Crippen molar-refractivity contribution in [2.24, 2.45) is 0 Å². The number of aryl methyl sites for hydroxylation is 3. The van der Waals surface area contributed by atoms with Crippen LogP contribution in [0.4, 0.5) is 0 Å². The molecule has 0 aliphatic rings. The minimum Gasteiger partial charge on any atom is -0.451 e. The van der Waals surface area contributed by atoms with Crippen LogP contribution in [0.2, 0.25) is 0 Å². The number of ketones is 2. The van der Waals surface area contributed by atoms with Gasteiger partial charge in [0.1, 0.15) is 0 Å². The Balaban J connectivity index is 2.22. The van der Waals surface area contributed by atoms with Gasteiger partial charge in [-0.2, -0.15) is 0 Å². The SMILES string of the molecule is CC(=O)c1c(C)[nH]c(C(=O)[C@H](C)OC(=O)c2ccc(C)cc2C)c1C. The zero-order chi connectivity index (χ0) is 18.9. The number of nitrogens with one attached hydrogen (secondary N) is 1. The number of carbonyl (C=O) groups is 3. The Kier molecular flexibility index (Phi) is 5.26. The van der Waals surface area contributed by atoms with E-state index in [1.54, 1.807) is 19.9 Å². The van der Waals surface area contributed by atoms with E-state index in [2.05, 4.69) is 4.98 Å². The number of hydrogen-bond acceptors (Lipinski definition) is 4. The third-order valence-corrected chi connectivity index (χ3v) is 4.29. The maximum absolute atomic E-state index is 12.6. The standard InChI is InChI=1S/C20H23NO4/c1-10-7-8-16(11(2)9-10)20(24)25-15(6)19(23)18-12(3)17(14(5)22)13(4)21-18/h7-9,15,21H,1-6H3/t15-/m0/s1. The molecule has 0 unspecified atom stereocenters. The molecule has 0 saturated heterocycles. The first-order chi connectivity index (χ1) is 11.6. The zero-order valence-corrected chi connectivity index (χ0v) is 15.4. The predicted molar refractivity (Wildman–Crippen MR) is 95.4 cm³/mol. The maximum atomic E-state index is 12.6. The quantitative estimate of drug-likeness (QED) is 0.661. The van der Waals surface area contributed by atoms with Crippen LogP contribution in [0.5, 0.6) is 0 Å². The summed E-state index contributed by atoms with van der Waals surface area (Å²) in [5.74, 6) is -0.998. The highest BCUT2D eigenvalue weighted by Gasteiger charge is 2.26. The fourth-order valence-electron chi connectivity index (χ4n) is 3.05. The summed E-state index contributed by atoms with van der Waals surface area (Å²) < 4.78 is 5.34. The van der Waals surface area contributed by atoms with Gasteiger partial charge in [-0.1, -0.05) is 17.7 Å². The van der Waals surface area contributed by atoms with Crippen molar-refractivity contribution < 1.29 is 19.1 Å². The number of Topliss-reactive ketones (excluding diaryl/α,β-unsaturated/α-hetero) is 2. The van der Waals surface area contributed by atoms with Gasteiger partial charge in [-0.05, 0) is 58.7 Å². The van der Waals surface area contributed by atoms with Crippen molar-refractivity contribution in [3.8, 4) is 0 Å². The first kappa shape index (κ1) is 18.6. The second-order valence-corrected chi connectivity index (χ2v) is 6.41. The van der Waals surface area contributed by atoms with Gasteiger partial charge in [0.05, 0.1) is 11.3 Å². The van der Waals surface area contributed by atoms with Gasteiger partial charge in [0.25, 0.3) is 0 Å². The molecule has 2 aromatic rings. The molecule has 1 aromatic heterocycles. The molecule has 5 nitrogen and oxygen atoms in total. The van der Waals surface area contributed by atoms with E-state index in [1.165, 1.54) is 13.8 Å². The van der Waals surface area contributed by atoms with Crippen LogP contribution in [0.1, 0.15) is 67.4 Å². The number of aromatic amines is 1. The summed E-state index contributed by atoms with van der Waals surface area (Å²) in [7, 11) is 0. The number of carbonyl (C=O) groups excluding carboxylic acids is 3. The molecule has 1 atom stereocenters. The Bertz CT molecular complexity index is 861. The zero-order valence-electron chi connectivity index (χ0n) is 15.4. The van der Waals surface area contributed by atoms with Crippen molar-refractivity contribution in [2.75, 3.05) is 0 Å². The second-order valence-electron chi connectivity index (χ2n) is 6.41. The highest BCUT2D eigenvalue weighted by molar-refractivity contribution is 6.05. The summed E-state index contributed by atoms with van der Waals surface area (Å²) in [5, 5.41) is 0. The largest absolute Gasteiger partial charge is 0.451 e. The molecule has 2 rings (SSSR count). The Morgan fingerprint density at radius 2 is 1.72 bits per heavy atom. The highest BCUT2D eigenvalue weighted by atomic mass is 16.5. The normalized spacial score (nSPS) is 11.9. The summed E-state index contributed by atoms with van der Waals surface area (Å²) in [4.78, 5) is 39.6. The molecular weight excluding hydrogens is 318 g/mol.